The molecule has 0 fully saturated rings. The molecular weight excluding hydrogens is 187 g/mol. The van der Waals surface area contributed by atoms with Gasteiger partial charge in [-0.25, -0.2) is 4.39 Å². The van der Waals surface area contributed by atoms with Crippen molar-refractivity contribution >= 4 is 11.6 Å². The quantitative estimate of drug-likeness (QED) is 0.643. The molecule has 0 radical (unpaired) electrons. The van der Waals surface area contributed by atoms with Crippen LogP contribution in [0, 0.1) is 11.7 Å². The van der Waals surface area contributed by atoms with Crippen LogP contribution in [0.4, 0.5) is 4.39 Å². The molecule has 13 heavy (non-hydrogen) atoms. The van der Waals surface area contributed by atoms with Gasteiger partial charge >= 0.3 is 0 Å². The Morgan fingerprint density at radius 2 is 1.85 bits per heavy atom. The minimum absolute atomic E-state index is 0.00870. The summed E-state index contributed by atoms with van der Waals surface area (Å²) in [4.78, 5) is 0. The molecule has 1 aromatic rings. The van der Waals surface area contributed by atoms with Gasteiger partial charge in [-0.15, -0.1) is 11.6 Å². The second kappa shape index (κ2) is 4.61. The Balaban J connectivity index is 2.77. The predicted octanol–water partition coefficient (Wildman–Crippen LogP) is 4.15. The largest absolute Gasteiger partial charge is 0.207 e. The third-order valence-corrected chi connectivity index (χ3v) is 3.01. The van der Waals surface area contributed by atoms with Crippen molar-refractivity contribution in [1.29, 1.82) is 0 Å². The fourth-order valence-corrected chi connectivity index (χ4v) is 1.51. The van der Waals surface area contributed by atoms with E-state index in [2.05, 4.69) is 13.8 Å². The highest BCUT2D eigenvalue weighted by Gasteiger charge is 2.14. The van der Waals surface area contributed by atoms with Gasteiger partial charge in [0.1, 0.15) is 5.82 Å². The minimum atomic E-state index is -0.211. The number of benzene rings is 1. The van der Waals surface area contributed by atoms with Gasteiger partial charge in [-0.05, 0) is 23.6 Å². The number of alkyl halides is 1. The van der Waals surface area contributed by atoms with Crippen LogP contribution < -0.4 is 0 Å². The first kappa shape index (κ1) is 10.5. The lowest BCUT2D eigenvalue weighted by Gasteiger charge is -2.16. The van der Waals surface area contributed by atoms with E-state index in [1.807, 2.05) is 0 Å². The third-order valence-electron chi connectivity index (χ3n) is 2.33. The van der Waals surface area contributed by atoms with Crippen molar-refractivity contribution in [3.05, 3.63) is 35.6 Å². The summed E-state index contributed by atoms with van der Waals surface area (Å²) >= 11 is 6.19. The molecule has 0 N–H and O–H groups in total. The summed E-state index contributed by atoms with van der Waals surface area (Å²) in [6.45, 7) is 4.20. The van der Waals surface area contributed by atoms with E-state index >= 15 is 0 Å². The summed E-state index contributed by atoms with van der Waals surface area (Å²) in [5.74, 6) is 0.212. The zero-order chi connectivity index (χ0) is 9.84. The molecule has 0 aromatic heterocycles. The standard InChI is InChI=1S/C11H14ClF/c1-3-8(2)11(12)9-4-6-10(13)7-5-9/h4-8,11H,3H2,1-2H3. The summed E-state index contributed by atoms with van der Waals surface area (Å²) in [5, 5.41) is -0.00870. The molecule has 0 bridgehead atoms. The first-order chi connectivity index (χ1) is 6.15. The van der Waals surface area contributed by atoms with Crippen molar-refractivity contribution < 1.29 is 4.39 Å². The summed E-state index contributed by atoms with van der Waals surface area (Å²) in [7, 11) is 0. The Bertz CT molecular complexity index is 255. The molecule has 0 amide bonds. The average Bonchev–Trinajstić information content (AvgIpc) is 2.17. The normalized spacial score (nSPS) is 15.4. The molecule has 0 spiro atoms. The molecule has 0 saturated carbocycles. The molecule has 72 valence electrons. The second-order valence-corrected chi connectivity index (χ2v) is 3.81. The topological polar surface area (TPSA) is 0 Å². The highest BCUT2D eigenvalue weighted by Crippen LogP contribution is 2.30. The van der Waals surface area contributed by atoms with Crippen molar-refractivity contribution in [2.24, 2.45) is 5.92 Å². The maximum absolute atomic E-state index is 12.6. The Hall–Kier alpha value is -0.560. The Labute approximate surface area is 83.7 Å². The van der Waals surface area contributed by atoms with Crippen LogP contribution in [0.2, 0.25) is 0 Å². The van der Waals surface area contributed by atoms with E-state index in [1.165, 1.54) is 12.1 Å². The maximum atomic E-state index is 12.6. The van der Waals surface area contributed by atoms with Gasteiger partial charge < -0.3 is 0 Å². The maximum Gasteiger partial charge on any atom is 0.123 e. The van der Waals surface area contributed by atoms with E-state index in [0.29, 0.717) is 5.92 Å². The molecule has 2 unspecified atom stereocenters. The molecule has 2 heteroatoms. The van der Waals surface area contributed by atoms with Gasteiger partial charge in [0.05, 0.1) is 5.38 Å². The molecule has 1 aromatic carbocycles. The summed E-state index contributed by atoms with van der Waals surface area (Å²) < 4.78 is 12.6. The first-order valence-electron chi connectivity index (χ1n) is 4.54. The van der Waals surface area contributed by atoms with Gasteiger partial charge in [-0.1, -0.05) is 32.4 Å². The lowest BCUT2D eigenvalue weighted by atomic mass is 9.98. The predicted molar refractivity (Wildman–Crippen MR) is 54.4 cm³/mol. The van der Waals surface area contributed by atoms with Crippen molar-refractivity contribution in [2.75, 3.05) is 0 Å². The van der Waals surface area contributed by atoms with Gasteiger partial charge in [-0.2, -0.15) is 0 Å². The number of hydrogen-bond acceptors (Lipinski definition) is 0. The van der Waals surface area contributed by atoms with E-state index < -0.39 is 0 Å². The SMILES string of the molecule is CCC(C)C(Cl)c1ccc(F)cc1. The Morgan fingerprint density at radius 1 is 1.31 bits per heavy atom. The van der Waals surface area contributed by atoms with Crippen molar-refractivity contribution in [3.63, 3.8) is 0 Å². The fourth-order valence-electron chi connectivity index (χ4n) is 1.18. The van der Waals surface area contributed by atoms with E-state index in [4.69, 9.17) is 11.6 Å². The zero-order valence-electron chi connectivity index (χ0n) is 7.93. The van der Waals surface area contributed by atoms with E-state index in [9.17, 15) is 4.39 Å². The number of halogens is 2. The van der Waals surface area contributed by atoms with Gasteiger partial charge in [0.25, 0.3) is 0 Å². The van der Waals surface area contributed by atoms with Crippen LogP contribution in [-0.4, -0.2) is 0 Å². The molecule has 0 aliphatic carbocycles. The average molecular weight is 201 g/mol. The zero-order valence-corrected chi connectivity index (χ0v) is 8.68. The minimum Gasteiger partial charge on any atom is -0.207 e. The van der Waals surface area contributed by atoms with Crippen molar-refractivity contribution in [1.82, 2.24) is 0 Å². The van der Waals surface area contributed by atoms with Gasteiger partial charge in [-0.3, -0.25) is 0 Å². The third kappa shape index (κ3) is 2.70. The monoisotopic (exact) mass is 200 g/mol. The summed E-state index contributed by atoms with van der Waals surface area (Å²) in [6.07, 6.45) is 1.03. The van der Waals surface area contributed by atoms with Gasteiger partial charge in [0, 0.05) is 0 Å². The van der Waals surface area contributed by atoms with Crippen LogP contribution in [0.15, 0.2) is 24.3 Å². The Morgan fingerprint density at radius 3 is 2.31 bits per heavy atom. The van der Waals surface area contributed by atoms with Crippen molar-refractivity contribution in [3.8, 4) is 0 Å². The molecule has 0 aliphatic heterocycles. The summed E-state index contributed by atoms with van der Waals surface area (Å²) in [5.41, 5.74) is 0.998. The van der Waals surface area contributed by atoms with E-state index in [1.54, 1.807) is 12.1 Å². The highest BCUT2D eigenvalue weighted by atomic mass is 35.5. The lowest BCUT2D eigenvalue weighted by Crippen LogP contribution is -2.02. The van der Waals surface area contributed by atoms with Crippen LogP contribution in [0.25, 0.3) is 0 Å². The lowest BCUT2D eigenvalue weighted by molar-refractivity contribution is 0.541. The summed E-state index contributed by atoms with van der Waals surface area (Å²) in [6, 6.07) is 6.40. The van der Waals surface area contributed by atoms with E-state index in [-0.39, 0.29) is 11.2 Å². The number of hydrogen-bond donors (Lipinski definition) is 0. The highest BCUT2D eigenvalue weighted by molar-refractivity contribution is 6.20. The molecule has 0 heterocycles. The molecule has 0 saturated heterocycles. The molecule has 0 aliphatic rings. The number of rotatable bonds is 3. The Kier molecular flexibility index (Phi) is 3.73. The van der Waals surface area contributed by atoms with Crippen LogP contribution in [-0.2, 0) is 0 Å². The second-order valence-electron chi connectivity index (χ2n) is 3.34. The van der Waals surface area contributed by atoms with Crippen LogP contribution in [0.1, 0.15) is 31.2 Å². The van der Waals surface area contributed by atoms with Gasteiger partial charge in [0.15, 0.2) is 0 Å². The van der Waals surface area contributed by atoms with Crippen molar-refractivity contribution in [2.45, 2.75) is 25.6 Å². The molecule has 2 atom stereocenters. The van der Waals surface area contributed by atoms with E-state index in [0.717, 1.165) is 12.0 Å². The smallest absolute Gasteiger partial charge is 0.123 e. The molecule has 0 nitrogen and oxygen atoms in total. The molecule has 1 rings (SSSR count). The van der Waals surface area contributed by atoms with Crippen LogP contribution in [0.5, 0.6) is 0 Å². The fraction of sp³-hybridized carbons (Fsp3) is 0.455. The molecular formula is C11H14ClF. The van der Waals surface area contributed by atoms with Crippen LogP contribution in [0.3, 0.4) is 0 Å². The first-order valence-corrected chi connectivity index (χ1v) is 4.98. The van der Waals surface area contributed by atoms with Crippen LogP contribution >= 0.6 is 11.6 Å². The van der Waals surface area contributed by atoms with Gasteiger partial charge in [0.2, 0.25) is 0 Å².